The molecule has 5 nitrogen and oxygen atoms in total. The van der Waals surface area contributed by atoms with E-state index >= 15 is 0 Å². The molecule has 142 valence electrons. The summed E-state index contributed by atoms with van der Waals surface area (Å²) in [5.74, 6) is 0.667. The number of benzene rings is 2. The Morgan fingerprint density at radius 1 is 0.964 bits per heavy atom. The minimum atomic E-state index is -0.680. The number of anilines is 1. The molecule has 0 aliphatic carbocycles. The normalized spacial score (nSPS) is 11.1. The molecule has 3 rings (SSSR count). The first kappa shape index (κ1) is 19.5. The number of ether oxygens (including phenoxy) is 1. The number of nitrogens with zero attached hydrogens (tertiary/aromatic N) is 4. The van der Waals surface area contributed by atoms with Crippen LogP contribution in [0.2, 0.25) is 0 Å². The third kappa shape index (κ3) is 4.54. The van der Waals surface area contributed by atoms with Crippen molar-refractivity contribution < 1.29 is 4.74 Å². The lowest BCUT2D eigenvalue weighted by molar-refractivity contribution is 0.0149. The van der Waals surface area contributed by atoms with E-state index in [2.05, 4.69) is 45.2 Å². The van der Waals surface area contributed by atoms with Crippen molar-refractivity contribution in [2.24, 2.45) is 0 Å². The summed E-state index contributed by atoms with van der Waals surface area (Å²) in [7, 11) is 1.61. The van der Waals surface area contributed by atoms with Crippen LogP contribution in [0.15, 0.2) is 66.9 Å². The van der Waals surface area contributed by atoms with Crippen LogP contribution in [0.4, 0.5) is 5.82 Å². The summed E-state index contributed by atoms with van der Waals surface area (Å²) in [6, 6.07) is 22.6. The summed E-state index contributed by atoms with van der Waals surface area (Å²) < 4.78 is 5.49. The van der Waals surface area contributed by atoms with Gasteiger partial charge in [-0.1, -0.05) is 60.7 Å². The molecule has 0 N–H and O–H groups in total. The topological polar surface area (TPSA) is 62.0 Å². The second-order valence-electron chi connectivity index (χ2n) is 7.08. The van der Waals surface area contributed by atoms with Crippen molar-refractivity contribution in [3.05, 3.63) is 89.4 Å². The average molecular weight is 372 g/mol. The first-order chi connectivity index (χ1) is 13.5. The fraction of sp³-hybridized carbons (Fsp3) is 0.261. The van der Waals surface area contributed by atoms with Gasteiger partial charge in [0.05, 0.1) is 6.20 Å². The van der Waals surface area contributed by atoms with Gasteiger partial charge < -0.3 is 9.64 Å². The van der Waals surface area contributed by atoms with Gasteiger partial charge in [-0.05, 0) is 25.0 Å². The van der Waals surface area contributed by atoms with Crippen molar-refractivity contribution in [2.75, 3.05) is 12.0 Å². The molecule has 0 spiro atoms. The van der Waals surface area contributed by atoms with Crippen LogP contribution in [-0.2, 0) is 23.4 Å². The maximum absolute atomic E-state index is 9.64. The number of rotatable bonds is 7. The van der Waals surface area contributed by atoms with Gasteiger partial charge in [-0.2, -0.15) is 5.26 Å². The molecule has 2 aromatic carbocycles. The second kappa shape index (κ2) is 8.64. The molecule has 28 heavy (non-hydrogen) atoms. The zero-order valence-corrected chi connectivity index (χ0v) is 16.5. The summed E-state index contributed by atoms with van der Waals surface area (Å²) in [6.45, 7) is 5.09. The van der Waals surface area contributed by atoms with E-state index in [1.54, 1.807) is 13.3 Å². The molecule has 5 heteroatoms. The summed E-state index contributed by atoms with van der Waals surface area (Å²) >= 11 is 0. The Morgan fingerprint density at radius 3 is 1.96 bits per heavy atom. The number of nitriles is 1. The number of hydrogen-bond acceptors (Lipinski definition) is 5. The minimum Gasteiger partial charge on any atom is -0.372 e. The molecule has 0 amide bonds. The summed E-state index contributed by atoms with van der Waals surface area (Å²) in [5, 5.41) is 9.64. The Morgan fingerprint density at radius 2 is 1.50 bits per heavy atom. The maximum Gasteiger partial charge on any atom is 0.167 e. The van der Waals surface area contributed by atoms with E-state index in [1.807, 2.05) is 50.2 Å². The highest BCUT2D eigenvalue weighted by Crippen LogP contribution is 2.26. The van der Waals surface area contributed by atoms with Crippen molar-refractivity contribution in [3.8, 4) is 6.07 Å². The summed E-state index contributed by atoms with van der Waals surface area (Å²) in [5.41, 5.74) is 2.48. The molecule has 0 saturated heterocycles. The highest BCUT2D eigenvalue weighted by molar-refractivity contribution is 5.44. The van der Waals surface area contributed by atoms with Crippen LogP contribution in [0, 0.1) is 11.3 Å². The van der Waals surface area contributed by atoms with Crippen LogP contribution in [0.1, 0.15) is 36.4 Å². The molecule has 0 saturated carbocycles. The van der Waals surface area contributed by atoms with Gasteiger partial charge in [-0.3, -0.25) is 4.98 Å². The van der Waals surface area contributed by atoms with Crippen LogP contribution < -0.4 is 4.90 Å². The third-order valence-corrected chi connectivity index (χ3v) is 4.70. The zero-order chi connectivity index (χ0) is 20.0. The lowest BCUT2D eigenvalue weighted by atomic mass is 10.0. The molecular weight excluding hydrogens is 348 g/mol. The Kier molecular flexibility index (Phi) is 6.03. The number of hydrogen-bond donors (Lipinski definition) is 0. The largest absolute Gasteiger partial charge is 0.372 e. The van der Waals surface area contributed by atoms with Crippen molar-refractivity contribution in [1.82, 2.24) is 9.97 Å². The van der Waals surface area contributed by atoms with Crippen molar-refractivity contribution in [1.29, 1.82) is 5.26 Å². The molecule has 0 atom stereocenters. The van der Waals surface area contributed by atoms with Gasteiger partial charge in [-0.25, -0.2) is 4.98 Å². The van der Waals surface area contributed by atoms with Crippen LogP contribution in [-0.4, -0.2) is 17.1 Å². The van der Waals surface area contributed by atoms with Gasteiger partial charge >= 0.3 is 0 Å². The van der Waals surface area contributed by atoms with Gasteiger partial charge in [-0.15, -0.1) is 0 Å². The van der Waals surface area contributed by atoms with Crippen LogP contribution in [0.3, 0.4) is 0 Å². The Hall–Kier alpha value is -3.23. The zero-order valence-electron chi connectivity index (χ0n) is 16.5. The third-order valence-electron chi connectivity index (χ3n) is 4.70. The fourth-order valence-electron chi connectivity index (χ4n) is 2.97. The Labute approximate surface area is 166 Å². The lowest BCUT2D eigenvalue weighted by Gasteiger charge is -2.26. The van der Waals surface area contributed by atoms with E-state index < -0.39 is 5.60 Å². The monoisotopic (exact) mass is 372 g/mol. The molecule has 0 radical (unpaired) electrons. The van der Waals surface area contributed by atoms with Gasteiger partial charge in [0.1, 0.15) is 23.2 Å². The number of methoxy groups -OCH3 is 1. The summed E-state index contributed by atoms with van der Waals surface area (Å²) in [6.07, 6.45) is 1.73. The number of aromatic nitrogens is 2. The van der Waals surface area contributed by atoms with E-state index in [9.17, 15) is 5.26 Å². The van der Waals surface area contributed by atoms with Crippen LogP contribution in [0.25, 0.3) is 0 Å². The van der Waals surface area contributed by atoms with Gasteiger partial charge in [0.2, 0.25) is 0 Å². The van der Waals surface area contributed by atoms with Crippen LogP contribution in [0.5, 0.6) is 0 Å². The smallest absolute Gasteiger partial charge is 0.167 e. The van der Waals surface area contributed by atoms with E-state index in [-0.39, 0.29) is 5.69 Å². The molecule has 0 aliphatic heterocycles. The SMILES string of the molecule is COC(C)(C)c1ncc(N(Cc2ccccc2)Cc2ccccc2)nc1C#N. The first-order valence-corrected chi connectivity index (χ1v) is 9.19. The highest BCUT2D eigenvalue weighted by Gasteiger charge is 2.27. The fourth-order valence-corrected chi connectivity index (χ4v) is 2.97. The molecule has 1 aromatic heterocycles. The van der Waals surface area contributed by atoms with Gasteiger partial charge in [0.25, 0.3) is 0 Å². The minimum absolute atomic E-state index is 0.287. The maximum atomic E-state index is 9.64. The average Bonchev–Trinajstić information content (AvgIpc) is 2.74. The van der Waals surface area contributed by atoms with Crippen LogP contribution >= 0.6 is 0 Å². The quantitative estimate of drug-likeness (QED) is 0.614. The van der Waals surface area contributed by atoms with Crippen molar-refractivity contribution >= 4 is 5.82 Å². The molecular formula is C23H24N4O. The standard InChI is InChI=1S/C23H24N4O/c1-23(2,28-3)22-20(14-24)26-21(15-25-22)27(16-18-10-6-4-7-11-18)17-19-12-8-5-9-13-19/h4-13,15H,16-17H2,1-3H3. The van der Waals surface area contributed by atoms with E-state index in [0.29, 0.717) is 24.6 Å². The first-order valence-electron chi connectivity index (χ1n) is 9.19. The van der Waals surface area contributed by atoms with Crippen molar-refractivity contribution in [2.45, 2.75) is 32.5 Å². The highest BCUT2D eigenvalue weighted by atomic mass is 16.5. The van der Waals surface area contributed by atoms with E-state index in [1.165, 1.54) is 11.1 Å². The molecule has 1 heterocycles. The van der Waals surface area contributed by atoms with Gasteiger partial charge in [0.15, 0.2) is 5.69 Å². The lowest BCUT2D eigenvalue weighted by Crippen LogP contribution is -2.27. The predicted molar refractivity (Wildman–Crippen MR) is 110 cm³/mol. The van der Waals surface area contributed by atoms with Crippen molar-refractivity contribution in [3.63, 3.8) is 0 Å². The molecule has 3 aromatic rings. The predicted octanol–water partition coefficient (Wildman–Crippen LogP) is 4.44. The second-order valence-corrected chi connectivity index (χ2v) is 7.08. The molecule has 0 bridgehead atoms. The summed E-state index contributed by atoms with van der Waals surface area (Å²) in [4.78, 5) is 11.3. The van der Waals surface area contributed by atoms with E-state index in [0.717, 1.165) is 0 Å². The Bertz CT molecular complexity index is 908. The molecule has 0 unspecified atom stereocenters. The Balaban J connectivity index is 1.98. The molecule has 0 fully saturated rings. The molecule has 0 aliphatic rings. The van der Waals surface area contributed by atoms with E-state index in [4.69, 9.17) is 4.74 Å². The van der Waals surface area contributed by atoms with Gasteiger partial charge in [0, 0.05) is 20.2 Å².